The van der Waals surface area contributed by atoms with Gasteiger partial charge < -0.3 is 5.32 Å². The molecule has 0 saturated heterocycles. The molecule has 2 aromatic heterocycles. The van der Waals surface area contributed by atoms with Crippen molar-refractivity contribution in [2.24, 2.45) is 0 Å². The quantitative estimate of drug-likeness (QED) is 0.519. The van der Waals surface area contributed by atoms with Crippen LogP contribution in [0.15, 0.2) is 72.2 Å². The first-order chi connectivity index (χ1) is 13.6. The molecule has 5 nitrogen and oxygen atoms in total. The minimum absolute atomic E-state index is 0.156. The second-order valence-corrected chi connectivity index (χ2v) is 7.36. The molecule has 0 fully saturated rings. The Bertz CT molecular complexity index is 1100. The van der Waals surface area contributed by atoms with E-state index in [0.717, 1.165) is 10.4 Å². The molecule has 4 rings (SSSR count). The van der Waals surface area contributed by atoms with Gasteiger partial charge in [-0.3, -0.25) is 4.79 Å². The van der Waals surface area contributed by atoms with Gasteiger partial charge in [0.1, 0.15) is 5.82 Å². The molecule has 1 atom stereocenters. The van der Waals surface area contributed by atoms with Gasteiger partial charge in [-0.25, -0.2) is 9.07 Å². The van der Waals surface area contributed by atoms with Crippen molar-refractivity contribution in [1.29, 1.82) is 0 Å². The highest BCUT2D eigenvalue weighted by atomic mass is 35.5. The molecule has 0 aliphatic heterocycles. The van der Waals surface area contributed by atoms with E-state index in [0.29, 0.717) is 10.7 Å². The molecule has 2 aromatic carbocycles. The fraction of sp³-hybridized carbons (Fsp3) is 0.0500. The number of aromatic nitrogens is 3. The summed E-state index contributed by atoms with van der Waals surface area (Å²) < 4.78 is 14.8. The van der Waals surface area contributed by atoms with Crippen molar-refractivity contribution in [3.63, 3.8) is 0 Å². The van der Waals surface area contributed by atoms with E-state index < -0.39 is 6.04 Å². The summed E-state index contributed by atoms with van der Waals surface area (Å²) in [5.74, 6) is -0.719. The van der Waals surface area contributed by atoms with E-state index in [1.807, 2.05) is 29.6 Å². The minimum Gasteiger partial charge on any atom is -0.339 e. The average Bonchev–Trinajstić information content (AvgIpc) is 3.39. The summed E-state index contributed by atoms with van der Waals surface area (Å²) in [6.45, 7) is 0. The van der Waals surface area contributed by atoms with Gasteiger partial charge >= 0.3 is 0 Å². The lowest BCUT2D eigenvalue weighted by atomic mass is 10.1. The number of para-hydroxylation sites is 1. The summed E-state index contributed by atoms with van der Waals surface area (Å²) in [4.78, 5) is 13.7. The number of amides is 1. The van der Waals surface area contributed by atoms with Crippen molar-refractivity contribution in [3.8, 4) is 5.69 Å². The molecular weight excluding hydrogens is 399 g/mol. The monoisotopic (exact) mass is 412 g/mol. The number of hydrogen-bond acceptors (Lipinski definition) is 4. The third kappa shape index (κ3) is 3.81. The Kier molecular flexibility index (Phi) is 5.18. The van der Waals surface area contributed by atoms with Gasteiger partial charge in [0.05, 0.1) is 22.9 Å². The van der Waals surface area contributed by atoms with Crippen molar-refractivity contribution < 1.29 is 9.18 Å². The van der Waals surface area contributed by atoms with Crippen LogP contribution in [0.2, 0.25) is 5.02 Å². The molecule has 0 aliphatic carbocycles. The molecule has 0 aliphatic rings. The predicted octanol–water partition coefficient (Wildman–Crippen LogP) is 4.64. The molecule has 0 bridgehead atoms. The number of halogens is 2. The molecular formula is C20H14ClFN4OS. The van der Waals surface area contributed by atoms with Crippen molar-refractivity contribution >= 4 is 28.8 Å². The second kappa shape index (κ2) is 7.92. The highest BCUT2D eigenvalue weighted by Crippen LogP contribution is 2.27. The lowest BCUT2D eigenvalue weighted by molar-refractivity contribution is 0.0938. The smallest absolute Gasteiger partial charge is 0.274 e. The molecule has 140 valence electrons. The Labute approximate surface area is 169 Å². The number of rotatable bonds is 5. The number of benzene rings is 2. The third-order valence-corrected chi connectivity index (χ3v) is 5.39. The van der Waals surface area contributed by atoms with Gasteiger partial charge in [0.15, 0.2) is 5.69 Å². The van der Waals surface area contributed by atoms with E-state index in [1.165, 1.54) is 34.3 Å². The average molecular weight is 413 g/mol. The Morgan fingerprint density at radius 1 is 1.11 bits per heavy atom. The molecule has 1 amide bonds. The zero-order valence-corrected chi connectivity index (χ0v) is 16.0. The summed E-state index contributed by atoms with van der Waals surface area (Å²) in [6.07, 6.45) is 1.52. The summed E-state index contributed by atoms with van der Waals surface area (Å²) in [5, 5.41) is 13.3. The van der Waals surface area contributed by atoms with Gasteiger partial charge in [0.2, 0.25) is 0 Å². The van der Waals surface area contributed by atoms with E-state index >= 15 is 0 Å². The summed E-state index contributed by atoms with van der Waals surface area (Å²) in [6, 6.07) is 16.6. The summed E-state index contributed by atoms with van der Waals surface area (Å²) in [5.41, 5.74) is 1.56. The number of carbonyl (C=O) groups is 1. The SMILES string of the molecule is O=C(NC(c1ccc(F)cc1)c1cccs1)c1cn(-c2ccccc2Cl)nn1. The number of carbonyl (C=O) groups excluding carboxylic acids is 1. The molecule has 1 unspecified atom stereocenters. The molecule has 2 heterocycles. The standard InChI is InChI=1S/C20H14ClFN4OS/c21-15-4-1-2-5-17(15)26-12-16(24-25-26)20(27)23-19(18-6-3-11-28-18)13-7-9-14(22)10-8-13/h1-12,19H,(H,23,27). The van der Waals surface area contributed by atoms with Crippen molar-refractivity contribution in [3.05, 3.63) is 99.2 Å². The van der Waals surface area contributed by atoms with Crippen LogP contribution in [0.5, 0.6) is 0 Å². The predicted molar refractivity (Wildman–Crippen MR) is 106 cm³/mol. The first-order valence-corrected chi connectivity index (χ1v) is 9.64. The Morgan fingerprint density at radius 3 is 2.61 bits per heavy atom. The molecule has 28 heavy (non-hydrogen) atoms. The molecule has 0 radical (unpaired) electrons. The largest absolute Gasteiger partial charge is 0.339 e. The van der Waals surface area contributed by atoms with Crippen molar-refractivity contribution in [2.75, 3.05) is 0 Å². The second-order valence-electron chi connectivity index (χ2n) is 5.97. The van der Waals surface area contributed by atoms with Gasteiger partial charge in [0.25, 0.3) is 5.91 Å². The van der Waals surface area contributed by atoms with Crippen LogP contribution in [0, 0.1) is 5.82 Å². The topological polar surface area (TPSA) is 59.8 Å². The van der Waals surface area contributed by atoms with E-state index in [4.69, 9.17) is 11.6 Å². The molecule has 0 saturated carbocycles. The number of hydrogen-bond donors (Lipinski definition) is 1. The fourth-order valence-corrected chi connectivity index (χ4v) is 3.78. The van der Waals surface area contributed by atoms with Crippen LogP contribution in [0.25, 0.3) is 5.69 Å². The van der Waals surface area contributed by atoms with Crippen LogP contribution in [-0.4, -0.2) is 20.9 Å². The van der Waals surface area contributed by atoms with Crippen LogP contribution in [0.3, 0.4) is 0 Å². The van der Waals surface area contributed by atoms with E-state index in [2.05, 4.69) is 15.6 Å². The maximum Gasteiger partial charge on any atom is 0.274 e. The summed E-state index contributed by atoms with van der Waals surface area (Å²) >= 11 is 7.68. The summed E-state index contributed by atoms with van der Waals surface area (Å²) in [7, 11) is 0. The van der Waals surface area contributed by atoms with Gasteiger partial charge in [0, 0.05) is 4.88 Å². The maximum absolute atomic E-state index is 13.3. The van der Waals surface area contributed by atoms with Crippen LogP contribution >= 0.6 is 22.9 Å². The van der Waals surface area contributed by atoms with Gasteiger partial charge in [-0.2, -0.15) is 0 Å². The van der Waals surface area contributed by atoms with Gasteiger partial charge in [-0.1, -0.05) is 47.1 Å². The van der Waals surface area contributed by atoms with Gasteiger partial charge in [-0.15, -0.1) is 16.4 Å². The van der Waals surface area contributed by atoms with E-state index in [1.54, 1.807) is 24.3 Å². The highest BCUT2D eigenvalue weighted by Gasteiger charge is 2.21. The number of nitrogens with one attached hydrogen (secondary N) is 1. The Balaban J connectivity index is 1.60. The number of thiophene rings is 1. The lowest BCUT2D eigenvalue weighted by Crippen LogP contribution is -2.29. The van der Waals surface area contributed by atoms with Crippen molar-refractivity contribution in [1.82, 2.24) is 20.3 Å². The first-order valence-electron chi connectivity index (χ1n) is 8.39. The highest BCUT2D eigenvalue weighted by molar-refractivity contribution is 7.10. The van der Waals surface area contributed by atoms with Gasteiger partial charge in [-0.05, 0) is 41.3 Å². The maximum atomic E-state index is 13.3. The Hall–Kier alpha value is -3.03. The van der Waals surface area contributed by atoms with Crippen LogP contribution in [0.1, 0.15) is 27.0 Å². The zero-order valence-electron chi connectivity index (χ0n) is 14.4. The molecule has 1 N–H and O–H groups in total. The fourth-order valence-electron chi connectivity index (χ4n) is 2.76. The zero-order chi connectivity index (χ0) is 19.5. The van der Waals surface area contributed by atoms with E-state index in [9.17, 15) is 9.18 Å². The van der Waals surface area contributed by atoms with Crippen LogP contribution in [0.4, 0.5) is 4.39 Å². The molecule has 8 heteroatoms. The first kappa shape index (κ1) is 18.3. The van der Waals surface area contributed by atoms with Crippen molar-refractivity contribution in [2.45, 2.75) is 6.04 Å². The lowest BCUT2D eigenvalue weighted by Gasteiger charge is -2.17. The minimum atomic E-state index is -0.418. The molecule has 0 spiro atoms. The van der Waals surface area contributed by atoms with Crippen LogP contribution < -0.4 is 5.32 Å². The molecule has 4 aromatic rings. The third-order valence-electron chi connectivity index (χ3n) is 4.13. The van der Waals surface area contributed by atoms with Crippen LogP contribution in [-0.2, 0) is 0 Å². The Morgan fingerprint density at radius 2 is 1.89 bits per heavy atom. The number of nitrogens with zero attached hydrogens (tertiary/aromatic N) is 3. The van der Waals surface area contributed by atoms with E-state index in [-0.39, 0.29) is 17.4 Å². The normalized spacial score (nSPS) is 11.9.